The number of ether oxygens (including phenoxy) is 1. The minimum atomic E-state index is -3.63. The van der Waals surface area contributed by atoms with Gasteiger partial charge in [0.2, 0.25) is 10.0 Å². The SMILES string of the molecule is COC(=O)c1ccccc1CS(=O)(=O)N(CCN)CCc1ccccc1. The van der Waals surface area contributed by atoms with Crippen LogP contribution in [0.5, 0.6) is 0 Å². The van der Waals surface area contributed by atoms with Crippen LogP contribution in [0.1, 0.15) is 21.5 Å². The van der Waals surface area contributed by atoms with Gasteiger partial charge in [-0.1, -0.05) is 48.5 Å². The highest BCUT2D eigenvalue weighted by Gasteiger charge is 2.24. The summed E-state index contributed by atoms with van der Waals surface area (Å²) in [6.07, 6.45) is 0.596. The number of benzene rings is 2. The Morgan fingerprint density at radius 3 is 2.35 bits per heavy atom. The minimum Gasteiger partial charge on any atom is -0.465 e. The Kier molecular flexibility index (Phi) is 7.32. The highest BCUT2D eigenvalue weighted by molar-refractivity contribution is 7.88. The van der Waals surface area contributed by atoms with Gasteiger partial charge in [0.05, 0.1) is 18.4 Å². The van der Waals surface area contributed by atoms with E-state index in [0.717, 1.165) is 5.56 Å². The number of hydrogen-bond acceptors (Lipinski definition) is 5. The summed E-state index contributed by atoms with van der Waals surface area (Å²) in [4.78, 5) is 11.9. The first-order chi connectivity index (χ1) is 12.5. The van der Waals surface area contributed by atoms with E-state index in [-0.39, 0.29) is 24.4 Å². The maximum atomic E-state index is 12.9. The van der Waals surface area contributed by atoms with Crippen LogP contribution in [0.4, 0.5) is 0 Å². The van der Waals surface area contributed by atoms with Crippen molar-refractivity contribution in [1.29, 1.82) is 0 Å². The molecule has 0 aliphatic rings. The third-order valence-electron chi connectivity index (χ3n) is 4.03. The van der Waals surface area contributed by atoms with Gasteiger partial charge in [0.1, 0.15) is 0 Å². The van der Waals surface area contributed by atoms with Gasteiger partial charge in [-0.2, -0.15) is 0 Å². The molecule has 26 heavy (non-hydrogen) atoms. The van der Waals surface area contributed by atoms with Crippen molar-refractivity contribution in [1.82, 2.24) is 4.31 Å². The summed E-state index contributed by atoms with van der Waals surface area (Å²) in [7, 11) is -2.35. The first kappa shape index (κ1) is 20.1. The quantitative estimate of drug-likeness (QED) is 0.674. The Balaban J connectivity index is 2.18. The van der Waals surface area contributed by atoms with Gasteiger partial charge in [-0.25, -0.2) is 17.5 Å². The van der Waals surface area contributed by atoms with Crippen LogP contribution in [0.3, 0.4) is 0 Å². The zero-order valence-corrected chi connectivity index (χ0v) is 15.6. The van der Waals surface area contributed by atoms with Crippen LogP contribution in [0.15, 0.2) is 54.6 Å². The van der Waals surface area contributed by atoms with Crippen LogP contribution < -0.4 is 5.73 Å². The Hall–Kier alpha value is -2.22. The Bertz CT molecular complexity index is 822. The predicted molar refractivity (Wildman–Crippen MR) is 101 cm³/mol. The van der Waals surface area contributed by atoms with Crippen molar-refractivity contribution in [2.45, 2.75) is 12.2 Å². The van der Waals surface area contributed by atoms with E-state index < -0.39 is 16.0 Å². The molecule has 2 rings (SSSR count). The smallest absolute Gasteiger partial charge is 0.338 e. The average molecular weight is 376 g/mol. The lowest BCUT2D eigenvalue weighted by Gasteiger charge is -2.22. The van der Waals surface area contributed by atoms with Crippen molar-refractivity contribution in [3.63, 3.8) is 0 Å². The number of rotatable bonds is 9. The van der Waals surface area contributed by atoms with Crippen LogP contribution in [0, 0.1) is 0 Å². The molecule has 2 aromatic rings. The maximum absolute atomic E-state index is 12.9. The molecule has 2 aromatic carbocycles. The lowest BCUT2D eigenvalue weighted by Crippen LogP contribution is -2.37. The molecule has 0 saturated heterocycles. The minimum absolute atomic E-state index is 0.229. The fraction of sp³-hybridized carbons (Fsp3) is 0.316. The number of methoxy groups -OCH3 is 1. The lowest BCUT2D eigenvalue weighted by molar-refractivity contribution is 0.0600. The van der Waals surface area contributed by atoms with Crippen LogP contribution in [-0.2, 0) is 26.9 Å². The molecule has 140 valence electrons. The van der Waals surface area contributed by atoms with Crippen molar-refractivity contribution in [2.24, 2.45) is 5.73 Å². The fourth-order valence-corrected chi connectivity index (χ4v) is 4.26. The van der Waals surface area contributed by atoms with Gasteiger partial charge in [-0.15, -0.1) is 0 Å². The van der Waals surface area contributed by atoms with Crippen LogP contribution in [-0.4, -0.2) is 45.4 Å². The van der Waals surface area contributed by atoms with Crippen LogP contribution in [0.25, 0.3) is 0 Å². The number of carbonyl (C=O) groups excluding carboxylic acids is 1. The highest BCUT2D eigenvalue weighted by atomic mass is 32.2. The zero-order valence-electron chi connectivity index (χ0n) is 14.8. The number of esters is 1. The van der Waals surface area contributed by atoms with Crippen molar-refractivity contribution in [3.8, 4) is 0 Å². The van der Waals surface area contributed by atoms with E-state index in [0.29, 0.717) is 18.5 Å². The summed E-state index contributed by atoms with van der Waals surface area (Å²) in [5.41, 5.74) is 7.34. The van der Waals surface area contributed by atoms with E-state index in [9.17, 15) is 13.2 Å². The van der Waals surface area contributed by atoms with E-state index in [1.807, 2.05) is 30.3 Å². The summed E-state index contributed by atoms with van der Waals surface area (Å²) in [6, 6.07) is 16.2. The molecule has 0 atom stereocenters. The number of nitrogens with two attached hydrogens (primary N) is 1. The Morgan fingerprint density at radius 2 is 1.69 bits per heavy atom. The van der Waals surface area contributed by atoms with Gasteiger partial charge in [-0.05, 0) is 23.6 Å². The van der Waals surface area contributed by atoms with Gasteiger partial charge >= 0.3 is 5.97 Å². The third kappa shape index (κ3) is 5.39. The molecule has 0 saturated carbocycles. The van der Waals surface area contributed by atoms with E-state index in [1.165, 1.54) is 11.4 Å². The van der Waals surface area contributed by atoms with Crippen molar-refractivity contribution < 1.29 is 17.9 Å². The topological polar surface area (TPSA) is 89.7 Å². The molecule has 0 fully saturated rings. The number of hydrogen-bond donors (Lipinski definition) is 1. The summed E-state index contributed by atoms with van der Waals surface area (Å²) in [6.45, 7) is 0.798. The van der Waals surface area contributed by atoms with Crippen LogP contribution >= 0.6 is 0 Å². The number of sulfonamides is 1. The van der Waals surface area contributed by atoms with Gasteiger partial charge < -0.3 is 10.5 Å². The fourth-order valence-electron chi connectivity index (χ4n) is 2.68. The van der Waals surface area contributed by atoms with E-state index in [2.05, 4.69) is 0 Å². The monoisotopic (exact) mass is 376 g/mol. The van der Waals surface area contributed by atoms with E-state index in [1.54, 1.807) is 24.3 Å². The molecule has 0 aromatic heterocycles. The third-order valence-corrected chi connectivity index (χ3v) is 5.85. The molecule has 0 unspecified atom stereocenters. The number of carbonyl (C=O) groups is 1. The molecular weight excluding hydrogens is 352 g/mol. The maximum Gasteiger partial charge on any atom is 0.338 e. The predicted octanol–water partition coefficient (Wildman–Crippen LogP) is 1.81. The summed E-state index contributed by atoms with van der Waals surface area (Å²) >= 11 is 0. The average Bonchev–Trinajstić information content (AvgIpc) is 2.65. The molecular formula is C19H24N2O4S. The summed E-state index contributed by atoms with van der Waals surface area (Å²) < 4.78 is 31.9. The normalized spacial score (nSPS) is 11.5. The molecule has 0 radical (unpaired) electrons. The largest absolute Gasteiger partial charge is 0.465 e. The Morgan fingerprint density at radius 1 is 1.04 bits per heavy atom. The zero-order chi connectivity index (χ0) is 19.0. The molecule has 0 spiro atoms. The van der Waals surface area contributed by atoms with E-state index >= 15 is 0 Å². The van der Waals surface area contributed by atoms with Crippen molar-refractivity contribution in [2.75, 3.05) is 26.7 Å². The summed E-state index contributed by atoms with van der Waals surface area (Å²) in [5, 5.41) is 0. The Labute approximate surface area is 154 Å². The standard InChI is InChI=1S/C19H24N2O4S/c1-25-19(22)18-10-6-5-9-17(18)15-26(23,24)21(14-12-20)13-11-16-7-3-2-4-8-16/h2-10H,11-15,20H2,1H3. The van der Waals surface area contributed by atoms with Crippen molar-refractivity contribution >= 4 is 16.0 Å². The lowest BCUT2D eigenvalue weighted by atomic mass is 10.1. The van der Waals surface area contributed by atoms with Gasteiger partial charge in [0, 0.05) is 19.6 Å². The second-order valence-electron chi connectivity index (χ2n) is 5.83. The molecule has 0 aliphatic heterocycles. The molecule has 0 aliphatic carbocycles. The first-order valence-corrected chi connectivity index (χ1v) is 9.97. The molecule has 2 N–H and O–H groups in total. The first-order valence-electron chi connectivity index (χ1n) is 8.36. The number of nitrogens with zero attached hydrogens (tertiary/aromatic N) is 1. The second-order valence-corrected chi connectivity index (χ2v) is 7.80. The van der Waals surface area contributed by atoms with Crippen molar-refractivity contribution in [3.05, 3.63) is 71.3 Å². The summed E-state index contributed by atoms with van der Waals surface area (Å²) in [5.74, 6) is -0.821. The van der Waals surface area contributed by atoms with E-state index in [4.69, 9.17) is 10.5 Å². The highest BCUT2D eigenvalue weighted by Crippen LogP contribution is 2.17. The second kappa shape index (κ2) is 9.47. The van der Waals surface area contributed by atoms with Gasteiger partial charge in [0.15, 0.2) is 0 Å². The van der Waals surface area contributed by atoms with Crippen LogP contribution in [0.2, 0.25) is 0 Å². The van der Waals surface area contributed by atoms with Gasteiger partial charge in [-0.3, -0.25) is 0 Å². The molecule has 7 heteroatoms. The molecule has 6 nitrogen and oxygen atoms in total. The molecule has 0 bridgehead atoms. The van der Waals surface area contributed by atoms with Gasteiger partial charge in [0.25, 0.3) is 0 Å². The molecule has 0 heterocycles. The molecule has 0 amide bonds.